The lowest BCUT2D eigenvalue weighted by Gasteiger charge is -2.31. The van der Waals surface area contributed by atoms with Crippen LogP contribution in [0.2, 0.25) is 0 Å². The number of hydrogen-bond donors (Lipinski definition) is 5. The van der Waals surface area contributed by atoms with E-state index < -0.39 is 87.1 Å². The number of hydrogen-bond acceptors (Lipinski definition) is 16. The van der Waals surface area contributed by atoms with Gasteiger partial charge >= 0.3 is 7.75 Å². The SMILES string of the molecule is COc1ccc(CCN(C)P(=O)(OC[C@H]2O[C@@H](n3cnc4c(=O)[nH]c(N)nc43)[C@H](OC)C2O)OC2C[C@H](C3C=C(C)C(=O)NC3=O)O[C@@H]2CO)cc1OC. The molecule has 2 fully saturated rings. The van der Waals surface area contributed by atoms with Crippen molar-refractivity contribution in [2.45, 2.75) is 62.6 Å². The van der Waals surface area contributed by atoms with Crippen LogP contribution in [0, 0.1) is 5.92 Å². The number of carbonyl (C=O) groups excluding carboxylic acids is 2. The van der Waals surface area contributed by atoms with Gasteiger partial charge in [0, 0.05) is 25.6 Å². The number of likely N-dealkylation sites (N-methyl/N-ethyl adjacent to an activating group) is 1. The molecule has 21 heteroatoms. The lowest BCUT2D eigenvalue weighted by Crippen LogP contribution is -2.44. The third kappa shape index (κ3) is 7.79. The number of nitrogen functional groups attached to an aromatic ring is 1. The molecule has 2 aromatic heterocycles. The van der Waals surface area contributed by atoms with Crippen LogP contribution in [0.15, 0.2) is 41.0 Å². The Bertz CT molecular complexity index is 2010. The molecule has 3 aromatic rings. The molecule has 2 amide bonds. The monoisotopic (exact) mass is 777 g/mol. The molecule has 9 atom stereocenters. The van der Waals surface area contributed by atoms with E-state index in [1.807, 2.05) is 6.07 Å². The topological polar surface area (TPSA) is 261 Å². The van der Waals surface area contributed by atoms with E-state index >= 15 is 0 Å². The average molecular weight is 778 g/mol. The summed E-state index contributed by atoms with van der Waals surface area (Å²) in [6, 6.07) is 5.37. The summed E-state index contributed by atoms with van der Waals surface area (Å²) in [5.41, 5.74) is 6.44. The van der Waals surface area contributed by atoms with Crippen molar-refractivity contribution in [3.8, 4) is 11.5 Å². The molecule has 1 aromatic carbocycles. The molecule has 0 radical (unpaired) electrons. The minimum absolute atomic E-state index is 0.00988. The highest BCUT2D eigenvalue weighted by molar-refractivity contribution is 7.51. The van der Waals surface area contributed by atoms with Gasteiger partial charge in [-0.15, -0.1) is 0 Å². The zero-order chi connectivity index (χ0) is 38.9. The van der Waals surface area contributed by atoms with Crippen LogP contribution in [-0.4, -0.2) is 131 Å². The fourth-order valence-corrected chi connectivity index (χ4v) is 8.37. The highest BCUT2D eigenvalue weighted by Gasteiger charge is 2.50. The van der Waals surface area contributed by atoms with Gasteiger partial charge in [0.15, 0.2) is 28.9 Å². The maximum absolute atomic E-state index is 14.9. The fourth-order valence-electron chi connectivity index (χ4n) is 6.70. The van der Waals surface area contributed by atoms with E-state index in [0.717, 1.165) is 5.56 Å². The lowest BCUT2D eigenvalue weighted by molar-refractivity contribution is -0.134. The van der Waals surface area contributed by atoms with Crippen molar-refractivity contribution in [2.75, 3.05) is 53.9 Å². The van der Waals surface area contributed by atoms with Gasteiger partial charge in [-0.25, -0.2) is 14.2 Å². The number of H-pyrrole nitrogens is 1. The smallest absolute Gasteiger partial charge is 0.408 e. The number of aliphatic hydroxyl groups is 2. The summed E-state index contributed by atoms with van der Waals surface area (Å²) in [5.74, 6) is -1.05. The molecule has 0 bridgehead atoms. The minimum Gasteiger partial charge on any atom is -0.493 e. The number of nitrogens with one attached hydrogen (secondary N) is 2. The second-order valence-corrected chi connectivity index (χ2v) is 15.2. The molecule has 0 aliphatic carbocycles. The third-order valence-electron chi connectivity index (χ3n) is 9.71. The number of fused-ring (bicyclic) bond motifs is 1. The molecular formula is C33H44N7O13P. The number of aromatic amines is 1. The number of methoxy groups -OCH3 is 3. The number of benzene rings is 1. The Labute approximate surface area is 309 Å². The zero-order valence-electron chi connectivity index (χ0n) is 30.2. The van der Waals surface area contributed by atoms with E-state index in [9.17, 15) is 29.2 Å². The molecule has 54 heavy (non-hydrogen) atoms. The van der Waals surface area contributed by atoms with Crippen LogP contribution in [-0.2, 0) is 43.8 Å². The summed E-state index contributed by atoms with van der Waals surface area (Å²) in [6.07, 6.45) is -4.16. The molecule has 2 saturated heterocycles. The minimum atomic E-state index is -4.33. The quantitative estimate of drug-likeness (QED) is 0.101. The average Bonchev–Trinajstić information content (AvgIpc) is 3.85. The van der Waals surface area contributed by atoms with Crippen LogP contribution in [0.1, 0.15) is 25.1 Å². The van der Waals surface area contributed by atoms with Crippen molar-refractivity contribution >= 4 is 36.7 Å². The van der Waals surface area contributed by atoms with Gasteiger partial charge in [0.1, 0.15) is 24.4 Å². The number of nitrogens with two attached hydrogens (primary N) is 1. The Kier molecular flexibility index (Phi) is 11.9. The molecule has 3 aliphatic heterocycles. The van der Waals surface area contributed by atoms with Gasteiger partial charge in [-0.1, -0.05) is 12.1 Å². The fraction of sp³-hybridized carbons (Fsp3) is 0.545. The summed E-state index contributed by atoms with van der Waals surface area (Å²) in [5, 5.41) is 23.9. The second-order valence-electron chi connectivity index (χ2n) is 13.1. The molecule has 3 aliphatic rings. The van der Waals surface area contributed by atoms with E-state index in [4.69, 9.17) is 38.5 Å². The van der Waals surface area contributed by atoms with Crippen molar-refractivity contribution < 1.29 is 57.1 Å². The van der Waals surface area contributed by atoms with Crippen LogP contribution in [0.25, 0.3) is 11.2 Å². The first kappa shape index (κ1) is 39.5. The number of imidazole rings is 1. The number of aliphatic hydroxyl groups excluding tert-OH is 2. The van der Waals surface area contributed by atoms with Crippen molar-refractivity contribution in [1.29, 1.82) is 0 Å². The van der Waals surface area contributed by atoms with Crippen LogP contribution in [0.3, 0.4) is 0 Å². The zero-order valence-corrected chi connectivity index (χ0v) is 31.1. The summed E-state index contributed by atoms with van der Waals surface area (Å²) < 4.78 is 58.5. The highest BCUT2D eigenvalue weighted by atomic mass is 31.2. The van der Waals surface area contributed by atoms with Crippen LogP contribution < -0.4 is 26.1 Å². The van der Waals surface area contributed by atoms with Gasteiger partial charge in [-0.05, 0) is 38.1 Å². The number of nitrogens with zero attached hydrogens (tertiary/aromatic N) is 4. The van der Waals surface area contributed by atoms with Gasteiger partial charge in [0.05, 0.1) is 51.9 Å². The number of imide groups is 1. The standard InChI is InChI=1S/C33H44N7O13P/c1-16-10-18(30(44)37-29(16)43)20-12-22(23(13-41)51-20)53-54(46,39(2)9-8-17-6-7-19(47-3)21(11-17)48-4)50-14-24-26(42)27(49-5)32(52-24)40-15-35-25-28(40)36-33(34)38-31(25)45/h6-7,10-11,15,18,20,22-24,26-27,32,41-42H,8-9,12-14H2,1-5H3,(H,37,43,44)(H3,34,36,38,45)/t18?,20-,22?,23-,24-,26?,27-,32-,54?/m1/s1. The Hall–Kier alpha value is -4.24. The molecule has 4 unspecified atom stereocenters. The lowest BCUT2D eigenvalue weighted by atomic mass is 9.93. The number of amides is 2. The van der Waals surface area contributed by atoms with Crippen LogP contribution in [0.4, 0.5) is 5.95 Å². The molecule has 6 N–H and O–H groups in total. The molecule has 5 heterocycles. The first-order valence-corrected chi connectivity index (χ1v) is 18.5. The van der Waals surface area contributed by atoms with Crippen molar-refractivity contribution in [3.63, 3.8) is 0 Å². The van der Waals surface area contributed by atoms with E-state index in [1.54, 1.807) is 19.1 Å². The number of aromatic nitrogens is 4. The summed E-state index contributed by atoms with van der Waals surface area (Å²) in [7, 11) is 1.61. The predicted octanol–water partition coefficient (Wildman–Crippen LogP) is 0.0454. The summed E-state index contributed by atoms with van der Waals surface area (Å²) in [6.45, 7) is 0.709. The number of anilines is 1. The van der Waals surface area contributed by atoms with Gasteiger partial charge in [0.25, 0.3) is 11.5 Å². The van der Waals surface area contributed by atoms with Gasteiger partial charge in [-0.3, -0.25) is 38.3 Å². The summed E-state index contributed by atoms with van der Waals surface area (Å²) >= 11 is 0. The van der Waals surface area contributed by atoms with Gasteiger partial charge < -0.3 is 39.6 Å². The number of carbonyl (C=O) groups is 2. The number of rotatable bonds is 15. The third-order valence-corrected chi connectivity index (χ3v) is 11.8. The van der Waals surface area contributed by atoms with E-state index in [2.05, 4.69) is 20.3 Å². The largest absolute Gasteiger partial charge is 0.493 e. The predicted molar refractivity (Wildman–Crippen MR) is 188 cm³/mol. The molecule has 0 spiro atoms. The molecule has 6 rings (SSSR count). The van der Waals surface area contributed by atoms with Crippen LogP contribution >= 0.6 is 7.75 Å². The molecular weight excluding hydrogens is 733 g/mol. The molecule has 0 saturated carbocycles. The maximum atomic E-state index is 14.9. The normalized spacial score (nSPS) is 28.3. The highest BCUT2D eigenvalue weighted by Crippen LogP contribution is 2.55. The Morgan fingerprint density at radius 3 is 2.59 bits per heavy atom. The van der Waals surface area contributed by atoms with Crippen molar-refractivity contribution in [3.05, 3.63) is 52.1 Å². The summed E-state index contributed by atoms with van der Waals surface area (Å²) in [4.78, 5) is 47.8. The Morgan fingerprint density at radius 1 is 1.13 bits per heavy atom. The Balaban J connectivity index is 1.24. The van der Waals surface area contributed by atoms with Gasteiger partial charge in [-0.2, -0.15) is 4.98 Å². The maximum Gasteiger partial charge on any atom is 0.408 e. The molecule has 294 valence electrons. The van der Waals surface area contributed by atoms with Gasteiger partial charge in [0.2, 0.25) is 11.9 Å². The van der Waals surface area contributed by atoms with E-state index in [-0.39, 0.29) is 30.1 Å². The van der Waals surface area contributed by atoms with Crippen molar-refractivity contribution in [1.82, 2.24) is 29.5 Å². The van der Waals surface area contributed by atoms with Crippen molar-refractivity contribution in [2.24, 2.45) is 5.92 Å². The van der Waals surface area contributed by atoms with Crippen LogP contribution in [0.5, 0.6) is 11.5 Å². The van der Waals surface area contributed by atoms with E-state index in [0.29, 0.717) is 23.5 Å². The van der Waals surface area contributed by atoms with E-state index in [1.165, 1.54) is 50.0 Å². The number of ether oxygens (including phenoxy) is 5. The first-order chi connectivity index (χ1) is 25.8. The Morgan fingerprint density at radius 2 is 1.89 bits per heavy atom. The first-order valence-electron chi connectivity index (χ1n) is 17.0. The second kappa shape index (κ2) is 16.2. The molecule has 20 nitrogen and oxygen atoms in total.